The Kier molecular flexibility index (Phi) is 2.68. The maximum atomic E-state index is 10.4. The highest BCUT2D eigenvalue weighted by atomic mass is 16.2. The van der Waals surface area contributed by atoms with Crippen LogP contribution < -0.4 is 0 Å². The van der Waals surface area contributed by atoms with Crippen molar-refractivity contribution in [1.29, 1.82) is 0 Å². The molecule has 2 aromatic rings. The Morgan fingerprint density at radius 3 is 3.06 bits per heavy atom. The van der Waals surface area contributed by atoms with Crippen LogP contribution in [0.5, 0.6) is 0 Å². The molecule has 0 bridgehead atoms. The number of rotatable bonds is 3. The number of allylic oxidation sites excluding steroid dienone is 1. The van der Waals surface area contributed by atoms with Crippen LogP contribution in [0, 0.1) is 0 Å². The fourth-order valence-corrected chi connectivity index (χ4v) is 1.08. The van der Waals surface area contributed by atoms with Crippen molar-refractivity contribution in [3.8, 4) is 0 Å². The van der Waals surface area contributed by atoms with E-state index in [-0.39, 0.29) is 5.57 Å². The number of aliphatic hydroxyl groups excluding tert-OH is 1. The first-order valence-corrected chi connectivity index (χ1v) is 4.33. The summed E-state index contributed by atoms with van der Waals surface area (Å²) in [6, 6.07) is 0. The van der Waals surface area contributed by atoms with Crippen molar-refractivity contribution in [3.05, 3.63) is 24.5 Å². The molecule has 0 radical (unpaired) electrons. The minimum atomic E-state index is 0.0475. The zero-order valence-electron chi connectivity index (χ0n) is 8.03. The molecule has 80 valence electrons. The second-order valence-corrected chi connectivity index (χ2v) is 2.80. The Bertz CT molecular complexity index is 572. The van der Waals surface area contributed by atoms with Crippen molar-refractivity contribution in [2.45, 2.75) is 0 Å². The molecule has 2 rings (SSSR count). The summed E-state index contributed by atoms with van der Waals surface area (Å²) in [7, 11) is 0. The second-order valence-electron chi connectivity index (χ2n) is 2.80. The van der Waals surface area contributed by atoms with E-state index in [4.69, 9.17) is 5.11 Å². The van der Waals surface area contributed by atoms with Gasteiger partial charge < -0.3 is 10.1 Å². The van der Waals surface area contributed by atoms with Gasteiger partial charge in [-0.3, -0.25) is 4.79 Å². The van der Waals surface area contributed by atoms with E-state index in [1.807, 2.05) is 0 Å². The van der Waals surface area contributed by atoms with Gasteiger partial charge in [0.2, 0.25) is 0 Å². The monoisotopic (exact) mass is 217 g/mol. The van der Waals surface area contributed by atoms with Gasteiger partial charge in [-0.1, -0.05) is 0 Å². The summed E-state index contributed by atoms with van der Waals surface area (Å²) in [5.41, 5.74) is 1.11. The predicted octanol–water partition coefficient (Wildman–Crippen LogP) is 0.696. The Hall–Kier alpha value is -2.57. The van der Waals surface area contributed by atoms with Gasteiger partial charge in [0.25, 0.3) is 0 Å². The number of carbonyl (C=O) groups is 1. The van der Waals surface area contributed by atoms with Crippen LogP contribution in [0.4, 0.5) is 5.82 Å². The standard InChI is InChI=1S/C9H7N5O2/c15-2-6(3-16)1-10-8-7-9(12-4-11-7)14-5-13-8/h1-5,15H,(H,11,12,13,14)/b6-2+,10-1?. The number of imidazole rings is 1. The SMILES string of the molecule is O=C/C(C=Nc1ncnc2nc[nH]c12)=C/O. The molecule has 0 spiro atoms. The highest BCUT2D eigenvalue weighted by molar-refractivity contribution is 6.02. The van der Waals surface area contributed by atoms with Gasteiger partial charge >= 0.3 is 0 Å². The van der Waals surface area contributed by atoms with Gasteiger partial charge in [-0.2, -0.15) is 0 Å². The van der Waals surface area contributed by atoms with E-state index in [0.717, 1.165) is 0 Å². The molecule has 0 aromatic carbocycles. The molecule has 2 N–H and O–H groups in total. The van der Waals surface area contributed by atoms with E-state index in [1.165, 1.54) is 18.9 Å². The van der Waals surface area contributed by atoms with Crippen molar-refractivity contribution >= 4 is 29.5 Å². The number of hydrogen-bond acceptors (Lipinski definition) is 6. The summed E-state index contributed by atoms with van der Waals surface area (Å²) in [6.07, 6.45) is 5.15. The number of aromatic nitrogens is 4. The third-order valence-electron chi connectivity index (χ3n) is 1.82. The van der Waals surface area contributed by atoms with Gasteiger partial charge in [-0.15, -0.1) is 0 Å². The lowest BCUT2D eigenvalue weighted by Gasteiger charge is -1.92. The van der Waals surface area contributed by atoms with Crippen molar-refractivity contribution in [2.75, 3.05) is 0 Å². The molecule has 7 heteroatoms. The summed E-state index contributed by atoms with van der Waals surface area (Å²) in [4.78, 5) is 28.9. The van der Waals surface area contributed by atoms with Crippen molar-refractivity contribution in [1.82, 2.24) is 19.9 Å². The average molecular weight is 217 g/mol. The van der Waals surface area contributed by atoms with Crippen LogP contribution in [0.3, 0.4) is 0 Å². The first-order valence-electron chi connectivity index (χ1n) is 4.33. The molecule has 0 fully saturated rings. The third-order valence-corrected chi connectivity index (χ3v) is 1.82. The number of carbonyl (C=O) groups excluding carboxylic acids is 1. The van der Waals surface area contributed by atoms with E-state index in [2.05, 4.69) is 24.9 Å². The summed E-state index contributed by atoms with van der Waals surface area (Å²) in [5, 5.41) is 8.64. The van der Waals surface area contributed by atoms with Gasteiger partial charge in [0.15, 0.2) is 17.8 Å². The van der Waals surface area contributed by atoms with Crippen LogP contribution in [0.25, 0.3) is 11.2 Å². The molecular weight excluding hydrogens is 210 g/mol. The molecule has 7 nitrogen and oxygen atoms in total. The topological polar surface area (TPSA) is 104 Å². The van der Waals surface area contributed by atoms with Gasteiger partial charge in [0.1, 0.15) is 11.8 Å². The fourth-order valence-electron chi connectivity index (χ4n) is 1.08. The normalized spacial score (nSPS) is 12.4. The zero-order chi connectivity index (χ0) is 11.4. The minimum absolute atomic E-state index is 0.0475. The lowest BCUT2D eigenvalue weighted by molar-refractivity contribution is -0.104. The summed E-state index contributed by atoms with van der Waals surface area (Å²) < 4.78 is 0. The number of aromatic amines is 1. The molecule has 16 heavy (non-hydrogen) atoms. The Balaban J connectivity index is 2.41. The van der Waals surface area contributed by atoms with Crippen molar-refractivity contribution in [2.24, 2.45) is 4.99 Å². The number of aliphatic hydroxyl groups is 1. The van der Waals surface area contributed by atoms with E-state index in [1.54, 1.807) is 0 Å². The van der Waals surface area contributed by atoms with E-state index in [0.29, 0.717) is 29.5 Å². The molecule has 0 saturated heterocycles. The van der Waals surface area contributed by atoms with Gasteiger partial charge in [0, 0.05) is 6.21 Å². The average Bonchev–Trinajstić information content (AvgIpc) is 2.79. The first kappa shape index (κ1) is 9.97. The zero-order valence-corrected chi connectivity index (χ0v) is 8.03. The quantitative estimate of drug-likeness (QED) is 0.340. The van der Waals surface area contributed by atoms with Gasteiger partial charge in [-0.05, 0) is 0 Å². The molecule has 0 aliphatic heterocycles. The van der Waals surface area contributed by atoms with Gasteiger partial charge in [-0.25, -0.2) is 19.9 Å². The largest absolute Gasteiger partial charge is 0.515 e. The molecule has 0 aliphatic carbocycles. The molecule has 2 aromatic heterocycles. The predicted molar refractivity (Wildman–Crippen MR) is 56.6 cm³/mol. The number of H-pyrrole nitrogens is 1. The molecule has 0 atom stereocenters. The van der Waals surface area contributed by atoms with Crippen molar-refractivity contribution in [3.63, 3.8) is 0 Å². The number of aldehydes is 1. The van der Waals surface area contributed by atoms with Crippen LogP contribution in [-0.4, -0.2) is 37.5 Å². The minimum Gasteiger partial charge on any atom is -0.515 e. The molecule has 0 aliphatic rings. The second kappa shape index (κ2) is 4.30. The van der Waals surface area contributed by atoms with Crippen LogP contribution in [0.1, 0.15) is 0 Å². The maximum Gasteiger partial charge on any atom is 0.182 e. The fraction of sp³-hybridized carbons (Fsp3) is 0. The number of hydrogen-bond donors (Lipinski definition) is 2. The lowest BCUT2D eigenvalue weighted by Crippen LogP contribution is -1.87. The number of aliphatic imine (C=N–C) groups is 1. The highest BCUT2D eigenvalue weighted by Gasteiger charge is 2.03. The van der Waals surface area contributed by atoms with Crippen LogP contribution in [0.2, 0.25) is 0 Å². The Labute approximate surface area is 89.6 Å². The van der Waals surface area contributed by atoms with Crippen LogP contribution >= 0.6 is 0 Å². The van der Waals surface area contributed by atoms with Crippen LogP contribution in [-0.2, 0) is 4.79 Å². The van der Waals surface area contributed by atoms with E-state index in [9.17, 15) is 4.79 Å². The number of fused-ring (bicyclic) bond motifs is 1. The van der Waals surface area contributed by atoms with Gasteiger partial charge in [0.05, 0.1) is 18.2 Å². The smallest absolute Gasteiger partial charge is 0.182 e. The Morgan fingerprint density at radius 2 is 2.31 bits per heavy atom. The molecule has 0 unspecified atom stereocenters. The Morgan fingerprint density at radius 1 is 1.44 bits per heavy atom. The molecular formula is C9H7N5O2. The molecule has 0 saturated carbocycles. The summed E-state index contributed by atoms with van der Waals surface area (Å²) in [5.74, 6) is 0.351. The van der Waals surface area contributed by atoms with E-state index < -0.39 is 0 Å². The maximum absolute atomic E-state index is 10.4. The molecule has 2 heterocycles. The summed E-state index contributed by atoms with van der Waals surface area (Å²) in [6.45, 7) is 0. The first-order chi connectivity index (χ1) is 7.85. The van der Waals surface area contributed by atoms with Crippen molar-refractivity contribution < 1.29 is 9.90 Å². The highest BCUT2D eigenvalue weighted by Crippen LogP contribution is 2.16. The lowest BCUT2D eigenvalue weighted by atomic mass is 10.3. The third kappa shape index (κ3) is 1.78. The number of nitrogens with one attached hydrogen (secondary N) is 1. The molecule has 0 amide bonds. The number of nitrogens with zero attached hydrogens (tertiary/aromatic N) is 4. The summed E-state index contributed by atoms with van der Waals surface area (Å²) >= 11 is 0. The van der Waals surface area contributed by atoms with E-state index >= 15 is 0 Å². The van der Waals surface area contributed by atoms with Crippen LogP contribution in [0.15, 0.2) is 29.5 Å².